The Balaban J connectivity index is 2.80. The van der Waals surface area contributed by atoms with Crippen LogP contribution < -0.4 is 10.1 Å². The van der Waals surface area contributed by atoms with Crippen molar-refractivity contribution >= 4 is 27.6 Å². The summed E-state index contributed by atoms with van der Waals surface area (Å²) in [5.74, 6) is -1.96. The molecule has 2 unspecified atom stereocenters. The van der Waals surface area contributed by atoms with Gasteiger partial charge in [0, 0.05) is 11.7 Å². The van der Waals surface area contributed by atoms with Crippen molar-refractivity contribution in [2.24, 2.45) is 5.92 Å². The number of carboxylic acids is 1. The van der Waals surface area contributed by atoms with E-state index in [9.17, 15) is 18.0 Å². The van der Waals surface area contributed by atoms with Crippen LogP contribution in [0.15, 0.2) is 22.7 Å². The number of carboxylic acid groups (broad SMARTS) is 1. The maximum atomic E-state index is 12.1. The average molecular weight is 356 g/mol. The Morgan fingerprint density at radius 1 is 1.40 bits per heavy atom. The molecular weight excluding hydrogens is 343 g/mol. The minimum Gasteiger partial charge on any atom is -0.481 e. The highest BCUT2D eigenvalue weighted by molar-refractivity contribution is 9.10. The molecule has 0 fully saturated rings. The normalized spacial score (nSPS) is 14.5. The van der Waals surface area contributed by atoms with Crippen LogP contribution in [0.2, 0.25) is 0 Å². The summed E-state index contributed by atoms with van der Waals surface area (Å²) < 4.78 is 40.2. The van der Waals surface area contributed by atoms with E-state index in [1.807, 2.05) is 0 Å². The van der Waals surface area contributed by atoms with Gasteiger partial charge in [0.1, 0.15) is 5.75 Å². The molecule has 1 rings (SSSR count). The molecule has 0 aliphatic rings. The highest BCUT2D eigenvalue weighted by Crippen LogP contribution is 2.32. The number of aliphatic carboxylic acids is 1. The van der Waals surface area contributed by atoms with Crippen LogP contribution in [0.5, 0.6) is 5.75 Å². The third-order valence-corrected chi connectivity index (χ3v) is 3.31. The lowest BCUT2D eigenvalue weighted by Crippen LogP contribution is -2.29. The van der Waals surface area contributed by atoms with Crippen LogP contribution in [-0.2, 0) is 4.79 Å². The van der Waals surface area contributed by atoms with Crippen molar-refractivity contribution in [3.63, 3.8) is 0 Å². The lowest BCUT2D eigenvalue weighted by molar-refractivity contribution is -0.274. The fourth-order valence-electron chi connectivity index (χ4n) is 1.40. The molecule has 1 aromatic carbocycles. The van der Waals surface area contributed by atoms with E-state index in [0.717, 1.165) is 6.07 Å². The van der Waals surface area contributed by atoms with Crippen LogP contribution in [-0.4, -0.2) is 23.5 Å². The van der Waals surface area contributed by atoms with Crippen LogP contribution in [0, 0.1) is 5.92 Å². The van der Waals surface area contributed by atoms with Gasteiger partial charge in [-0.05, 0) is 48.0 Å². The number of benzene rings is 1. The number of carbonyl (C=O) groups is 1. The summed E-state index contributed by atoms with van der Waals surface area (Å²) in [5, 5.41) is 11.8. The quantitative estimate of drug-likeness (QED) is 0.841. The number of halogens is 4. The molecule has 20 heavy (non-hydrogen) atoms. The predicted octanol–water partition coefficient (Wildman–Crippen LogP) is 3.87. The van der Waals surface area contributed by atoms with E-state index in [4.69, 9.17) is 5.11 Å². The Labute approximate surface area is 122 Å². The Morgan fingerprint density at radius 2 is 2.00 bits per heavy atom. The van der Waals surface area contributed by atoms with Crippen LogP contribution in [0.1, 0.15) is 13.8 Å². The van der Waals surface area contributed by atoms with Crippen LogP contribution in [0.25, 0.3) is 0 Å². The number of ether oxygens (including phenoxy) is 1. The first-order valence-electron chi connectivity index (χ1n) is 5.65. The second kappa shape index (κ2) is 6.34. The van der Waals surface area contributed by atoms with Crippen molar-refractivity contribution < 1.29 is 27.8 Å². The van der Waals surface area contributed by atoms with Crippen molar-refractivity contribution in [3.05, 3.63) is 22.7 Å². The number of anilines is 1. The van der Waals surface area contributed by atoms with Gasteiger partial charge in [0.25, 0.3) is 0 Å². The molecule has 0 saturated heterocycles. The van der Waals surface area contributed by atoms with E-state index in [2.05, 4.69) is 26.0 Å². The molecule has 0 aromatic heterocycles. The fourth-order valence-corrected chi connectivity index (χ4v) is 1.86. The van der Waals surface area contributed by atoms with Crippen molar-refractivity contribution in [2.45, 2.75) is 26.3 Å². The van der Waals surface area contributed by atoms with Crippen LogP contribution >= 0.6 is 15.9 Å². The highest BCUT2D eigenvalue weighted by Gasteiger charge is 2.32. The van der Waals surface area contributed by atoms with E-state index in [1.165, 1.54) is 19.1 Å². The minimum atomic E-state index is -4.76. The topological polar surface area (TPSA) is 58.6 Å². The number of alkyl halides is 3. The maximum Gasteiger partial charge on any atom is 0.573 e. The summed E-state index contributed by atoms with van der Waals surface area (Å²) >= 11 is 2.97. The average Bonchev–Trinajstić information content (AvgIpc) is 2.30. The number of hydrogen-bond donors (Lipinski definition) is 2. The zero-order chi connectivity index (χ0) is 15.5. The van der Waals surface area contributed by atoms with Gasteiger partial charge in [0.15, 0.2) is 0 Å². The lowest BCUT2D eigenvalue weighted by Gasteiger charge is -2.19. The molecule has 112 valence electrons. The third-order valence-electron chi connectivity index (χ3n) is 2.69. The van der Waals surface area contributed by atoms with Gasteiger partial charge in [-0.1, -0.05) is 0 Å². The molecule has 0 saturated carbocycles. The van der Waals surface area contributed by atoms with Gasteiger partial charge in [-0.15, -0.1) is 13.2 Å². The number of hydrogen-bond acceptors (Lipinski definition) is 3. The molecule has 2 N–H and O–H groups in total. The van der Waals surface area contributed by atoms with Crippen molar-refractivity contribution in [2.75, 3.05) is 5.32 Å². The second-order valence-electron chi connectivity index (χ2n) is 4.25. The minimum absolute atomic E-state index is 0.120. The Kier molecular flexibility index (Phi) is 5.27. The lowest BCUT2D eigenvalue weighted by atomic mass is 10.0. The molecule has 0 bridgehead atoms. The number of rotatable bonds is 5. The van der Waals surface area contributed by atoms with Crippen LogP contribution in [0.3, 0.4) is 0 Å². The predicted molar refractivity (Wildman–Crippen MR) is 70.7 cm³/mol. The Hall–Kier alpha value is -1.44. The maximum absolute atomic E-state index is 12.1. The van der Waals surface area contributed by atoms with Gasteiger partial charge in [-0.25, -0.2) is 0 Å². The fraction of sp³-hybridized carbons (Fsp3) is 0.417. The zero-order valence-corrected chi connectivity index (χ0v) is 12.2. The summed E-state index contributed by atoms with van der Waals surface area (Å²) in [5.41, 5.74) is 0.493. The molecule has 4 nitrogen and oxygen atoms in total. The molecule has 0 amide bonds. The molecule has 0 aliphatic heterocycles. The van der Waals surface area contributed by atoms with E-state index < -0.39 is 18.2 Å². The monoisotopic (exact) mass is 355 g/mol. The van der Waals surface area contributed by atoms with E-state index in [0.29, 0.717) is 5.69 Å². The van der Waals surface area contributed by atoms with E-state index in [-0.39, 0.29) is 16.3 Å². The molecular formula is C12H13BrF3NO3. The molecule has 0 radical (unpaired) electrons. The van der Waals surface area contributed by atoms with Gasteiger partial charge >= 0.3 is 12.3 Å². The first-order valence-corrected chi connectivity index (χ1v) is 6.44. The second-order valence-corrected chi connectivity index (χ2v) is 5.11. The molecule has 1 aromatic rings. The smallest absolute Gasteiger partial charge is 0.481 e. The van der Waals surface area contributed by atoms with Gasteiger partial charge in [0.2, 0.25) is 0 Å². The summed E-state index contributed by atoms with van der Waals surface area (Å²) in [6.45, 7) is 3.21. The first kappa shape index (κ1) is 16.6. The van der Waals surface area contributed by atoms with E-state index in [1.54, 1.807) is 6.92 Å². The van der Waals surface area contributed by atoms with Crippen molar-refractivity contribution in [1.82, 2.24) is 0 Å². The molecule has 8 heteroatoms. The van der Waals surface area contributed by atoms with Crippen LogP contribution in [0.4, 0.5) is 18.9 Å². The van der Waals surface area contributed by atoms with Gasteiger partial charge in [-0.2, -0.15) is 0 Å². The Bertz CT molecular complexity index is 493. The molecule has 0 spiro atoms. The highest BCUT2D eigenvalue weighted by atomic mass is 79.9. The zero-order valence-electron chi connectivity index (χ0n) is 10.7. The summed E-state index contributed by atoms with van der Waals surface area (Å²) in [4.78, 5) is 10.8. The van der Waals surface area contributed by atoms with Crippen molar-refractivity contribution in [1.29, 1.82) is 0 Å². The summed E-state index contributed by atoms with van der Waals surface area (Å²) in [7, 11) is 0. The van der Waals surface area contributed by atoms with Gasteiger partial charge in [0.05, 0.1) is 10.4 Å². The summed E-state index contributed by atoms with van der Waals surface area (Å²) in [6.07, 6.45) is -4.76. The number of nitrogens with one attached hydrogen (secondary N) is 1. The van der Waals surface area contributed by atoms with Crippen molar-refractivity contribution in [3.8, 4) is 5.75 Å². The van der Waals surface area contributed by atoms with Gasteiger partial charge in [-0.3, -0.25) is 4.79 Å². The summed E-state index contributed by atoms with van der Waals surface area (Å²) in [6, 6.07) is 3.55. The third kappa shape index (κ3) is 4.92. The van der Waals surface area contributed by atoms with E-state index >= 15 is 0 Å². The standard InChI is InChI=1S/C12H13BrF3NO3/c1-6(11(18)19)7(2)17-8-3-4-10(9(13)5-8)20-12(14,15)16/h3-7,17H,1-2H3,(H,18,19). The molecule has 2 atom stereocenters. The molecule has 0 aliphatic carbocycles. The first-order chi connectivity index (χ1) is 9.10. The largest absolute Gasteiger partial charge is 0.573 e. The van der Waals surface area contributed by atoms with Gasteiger partial charge < -0.3 is 15.2 Å². The Morgan fingerprint density at radius 3 is 2.45 bits per heavy atom. The SMILES string of the molecule is CC(Nc1ccc(OC(F)(F)F)c(Br)c1)C(C)C(=O)O. The molecule has 0 heterocycles.